The van der Waals surface area contributed by atoms with Gasteiger partial charge in [-0.15, -0.1) is 11.5 Å². The minimum atomic E-state index is -0.208. The molecule has 0 saturated heterocycles. The Labute approximate surface area is 244 Å². The number of hydrogen-bond donors (Lipinski definition) is 0. The fourth-order valence-corrected chi connectivity index (χ4v) is 10.2. The second kappa shape index (κ2) is 7.90. The molecule has 4 atom stereocenters. The van der Waals surface area contributed by atoms with E-state index in [1.807, 2.05) is 0 Å². The van der Waals surface area contributed by atoms with E-state index in [4.69, 9.17) is 0 Å². The van der Waals surface area contributed by atoms with Crippen LogP contribution in [-0.2, 0) is 32.5 Å². The van der Waals surface area contributed by atoms with Crippen molar-refractivity contribution in [3.63, 3.8) is 0 Å². The lowest BCUT2D eigenvalue weighted by atomic mass is 9.62. The minimum absolute atomic E-state index is 0.0765. The molecule has 5 saturated carbocycles. The zero-order valence-corrected chi connectivity index (χ0v) is 27.3. The molecule has 40 heavy (non-hydrogen) atoms. The fourth-order valence-electron chi connectivity index (χ4n) is 10.2. The number of rotatable bonds is 2. The van der Waals surface area contributed by atoms with Crippen molar-refractivity contribution in [2.75, 3.05) is 0 Å². The van der Waals surface area contributed by atoms with Crippen LogP contribution in [0.4, 0.5) is 0 Å². The van der Waals surface area contributed by atoms with Crippen LogP contribution in [-0.4, -0.2) is 0 Å². The van der Waals surface area contributed by atoms with E-state index in [1.165, 1.54) is 36.8 Å². The van der Waals surface area contributed by atoms with E-state index in [9.17, 15) is 10.2 Å². The summed E-state index contributed by atoms with van der Waals surface area (Å²) in [7, 11) is 0. The molecule has 0 heterocycles. The summed E-state index contributed by atoms with van der Waals surface area (Å²) in [5.41, 5.74) is 6.08. The lowest BCUT2D eigenvalue weighted by molar-refractivity contribution is -0.272. The lowest BCUT2D eigenvalue weighted by Gasteiger charge is -2.43. The first-order chi connectivity index (χ1) is 18.2. The molecule has 2 aromatic carbocycles. The van der Waals surface area contributed by atoms with E-state index in [-0.39, 0.29) is 44.0 Å². The molecule has 2 nitrogen and oxygen atoms in total. The normalized spacial score (nSPS) is 33.0. The summed E-state index contributed by atoms with van der Waals surface area (Å²) in [4.78, 5) is 0. The second-order valence-corrected chi connectivity index (χ2v) is 18.3. The van der Waals surface area contributed by atoms with Crippen LogP contribution < -0.4 is 10.2 Å². The summed E-state index contributed by atoms with van der Waals surface area (Å²) in [5, 5.41) is 27.9. The monoisotopic (exact) mass is 540 g/mol. The van der Waals surface area contributed by atoms with Crippen molar-refractivity contribution in [3.05, 3.63) is 57.6 Å². The van der Waals surface area contributed by atoms with Crippen molar-refractivity contribution in [1.82, 2.24) is 0 Å². The van der Waals surface area contributed by atoms with Crippen LogP contribution >= 0.6 is 0 Å². The molecular formula is C38H52O2-2. The van der Waals surface area contributed by atoms with E-state index in [2.05, 4.69) is 107 Å². The zero-order chi connectivity index (χ0) is 29.6. The van der Waals surface area contributed by atoms with Gasteiger partial charge in [0.25, 0.3) is 0 Å². The van der Waals surface area contributed by atoms with Gasteiger partial charge in [0, 0.05) is 10.8 Å². The average Bonchev–Trinajstić information content (AvgIpc) is 3.35. The molecule has 2 heteroatoms. The van der Waals surface area contributed by atoms with Crippen molar-refractivity contribution in [3.8, 4) is 11.5 Å². The highest BCUT2D eigenvalue weighted by molar-refractivity contribution is 5.65. The molecule has 7 rings (SSSR count). The van der Waals surface area contributed by atoms with Crippen molar-refractivity contribution in [1.29, 1.82) is 0 Å². The summed E-state index contributed by atoms with van der Waals surface area (Å²) >= 11 is 0. The standard InChI is InChI=1S/C38H54O2/c1-33(2,3)26-17-24(18-27(31(26)39)34(4,5)6)37-22-13-21-14-23(16-22)38(37,30(37)15-21)25-19-28(35(7,8)9)32(40)29(20-25)36(10,11)12/h17-23,30,39-40H,13-16H2,1-12H3/p-2. The van der Waals surface area contributed by atoms with Crippen LogP contribution in [0.25, 0.3) is 0 Å². The van der Waals surface area contributed by atoms with Gasteiger partial charge in [-0.2, -0.15) is 0 Å². The van der Waals surface area contributed by atoms with Crippen LogP contribution in [0.2, 0.25) is 0 Å². The maximum atomic E-state index is 13.9. The Morgan fingerprint density at radius 3 is 1.07 bits per heavy atom. The molecule has 218 valence electrons. The van der Waals surface area contributed by atoms with Gasteiger partial charge in [0.2, 0.25) is 0 Å². The third kappa shape index (κ3) is 3.46. The zero-order valence-electron chi connectivity index (χ0n) is 27.3. The summed E-state index contributed by atoms with van der Waals surface area (Å²) in [6, 6.07) is 9.41. The molecule has 4 bridgehead atoms. The van der Waals surface area contributed by atoms with Crippen LogP contribution in [0.15, 0.2) is 24.3 Å². The summed E-state index contributed by atoms with van der Waals surface area (Å²) < 4.78 is 0. The van der Waals surface area contributed by atoms with E-state index in [0.717, 1.165) is 28.2 Å². The molecule has 4 unspecified atom stereocenters. The molecule has 0 spiro atoms. The van der Waals surface area contributed by atoms with Crippen LogP contribution in [0.3, 0.4) is 0 Å². The Bertz CT molecular complexity index is 1210. The Hall–Kier alpha value is -1.96. The van der Waals surface area contributed by atoms with Gasteiger partial charge in [0.1, 0.15) is 0 Å². The van der Waals surface area contributed by atoms with E-state index in [0.29, 0.717) is 17.8 Å². The van der Waals surface area contributed by atoms with E-state index in [1.54, 1.807) is 0 Å². The topological polar surface area (TPSA) is 46.1 Å². The highest BCUT2D eigenvalue weighted by atomic mass is 16.3. The van der Waals surface area contributed by atoms with Crippen LogP contribution in [0, 0.1) is 23.7 Å². The molecule has 0 amide bonds. The van der Waals surface area contributed by atoms with Gasteiger partial charge in [0.05, 0.1) is 0 Å². The third-order valence-electron chi connectivity index (χ3n) is 11.7. The highest BCUT2D eigenvalue weighted by Gasteiger charge is 2.88. The molecule has 5 fully saturated rings. The van der Waals surface area contributed by atoms with Gasteiger partial charge in [0.15, 0.2) is 0 Å². The Morgan fingerprint density at radius 1 is 0.500 bits per heavy atom. The van der Waals surface area contributed by atoms with Crippen molar-refractivity contribution in [2.24, 2.45) is 23.7 Å². The average molecular weight is 541 g/mol. The predicted octanol–water partition coefficient (Wildman–Crippen LogP) is 8.28. The Balaban J connectivity index is 1.66. The van der Waals surface area contributed by atoms with Gasteiger partial charge in [-0.05, 0) is 104 Å². The van der Waals surface area contributed by atoms with Crippen LogP contribution in [0.1, 0.15) is 142 Å². The van der Waals surface area contributed by atoms with Gasteiger partial charge in [-0.25, -0.2) is 0 Å². The van der Waals surface area contributed by atoms with Crippen molar-refractivity contribution < 1.29 is 10.2 Å². The Kier molecular flexibility index (Phi) is 5.56. The van der Waals surface area contributed by atoms with Crippen LogP contribution in [0.5, 0.6) is 11.5 Å². The maximum absolute atomic E-state index is 13.9. The molecule has 0 radical (unpaired) electrons. The molecule has 0 N–H and O–H groups in total. The first-order valence-corrected chi connectivity index (χ1v) is 15.9. The van der Waals surface area contributed by atoms with Crippen molar-refractivity contribution >= 4 is 0 Å². The molecule has 5 aliphatic carbocycles. The smallest absolute Gasteiger partial charge is 0.0121 e. The first-order valence-electron chi connectivity index (χ1n) is 15.9. The van der Waals surface area contributed by atoms with E-state index < -0.39 is 0 Å². The third-order valence-corrected chi connectivity index (χ3v) is 11.7. The predicted molar refractivity (Wildman–Crippen MR) is 162 cm³/mol. The second-order valence-electron chi connectivity index (χ2n) is 18.3. The molecular weight excluding hydrogens is 488 g/mol. The summed E-state index contributed by atoms with van der Waals surface area (Å²) in [6.45, 7) is 26.4. The molecule has 0 aliphatic heterocycles. The lowest BCUT2D eigenvalue weighted by Crippen LogP contribution is -2.35. The van der Waals surface area contributed by atoms with Gasteiger partial charge < -0.3 is 10.2 Å². The maximum Gasteiger partial charge on any atom is 0.0121 e. The SMILES string of the molecule is CC(C)(C)c1cc(C23C4CC5CC(C4)C2(c2cc(C(C)(C)C)c([O-])c(C(C)(C)C)c2)C3C5)cc(C(C)(C)C)c1[O-]. The van der Waals surface area contributed by atoms with Gasteiger partial charge in [-0.3, -0.25) is 0 Å². The molecule has 2 aromatic rings. The van der Waals surface area contributed by atoms with Crippen molar-refractivity contribution in [2.45, 2.75) is 141 Å². The first kappa shape index (κ1) is 28.2. The Morgan fingerprint density at radius 2 is 0.800 bits per heavy atom. The number of hydrogen-bond acceptors (Lipinski definition) is 2. The van der Waals surface area contributed by atoms with Gasteiger partial charge >= 0.3 is 0 Å². The summed E-state index contributed by atoms with van der Waals surface area (Å²) in [6.07, 6.45) is 5.22. The van der Waals surface area contributed by atoms with E-state index >= 15 is 0 Å². The van der Waals surface area contributed by atoms with Gasteiger partial charge in [-0.1, -0.05) is 107 Å². The minimum Gasteiger partial charge on any atom is -0.872 e. The quantitative estimate of drug-likeness (QED) is 0.385. The highest BCUT2D eigenvalue weighted by Crippen LogP contribution is 2.89. The summed E-state index contributed by atoms with van der Waals surface area (Å²) in [5.74, 6) is 3.24. The molecule has 0 aromatic heterocycles. The molecule has 5 aliphatic rings. The number of benzene rings is 2. The largest absolute Gasteiger partial charge is 0.872 e. The fraction of sp³-hybridized carbons (Fsp3) is 0.684.